The lowest BCUT2D eigenvalue weighted by Crippen LogP contribution is -2.03. The van der Waals surface area contributed by atoms with Crippen molar-refractivity contribution in [2.45, 2.75) is 6.42 Å². The molecule has 0 atom stereocenters. The Bertz CT molecular complexity index is 712. The summed E-state index contributed by atoms with van der Waals surface area (Å²) in [5.74, 6) is 0.769. The number of thiophene rings is 1. The Morgan fingerprint density at radius 2 is 1.67 bits per heavy atom. The molecule has 0 unspecified atom stereocenters. The van der Waals surface area contributed by atoms with Crippen molar-refractivity contribution in [3.05, 3.63) is 43.0 Å². The van der Waals surface area contributed by atoms with Crippen LogP contribution in [0, 0.1) is 0 Å². The number of rotatable bonds is 2. The molecule has 0 saturated carbocycles. The molecule has 0 aliphatic carbocycles. The molecule has 0 fully saturated rings. The Morgan fingerprint density at radius 1 is 1.00 bits per heavy atom. The van der Waals surface area contributed by atoms with E-state index in [0.29, 0.717) is 49.5 Å². The molecule has 7 heteroatoms. The van der Waals surface area contributed by atoms with Crippen LogP contribution in [0.5, 0.6) is 11.5 Å². The SMILES string of the molecule is O=C(c1cc2c(cc1Cl)OCCCO2)c1cc(Cl)sc1Cl. The third-order valence-electron chi connectivity index (χ3n) is 2.98. The maximum absolute atomic E-state index is 12.6. The topological polar surface area (TPSA) is 35.5 Å². The smallest absolute Gasteiger partial charge is 0.197 e. The fourth-order valence-corrected chi connectivity index (χ4v) is 3.70. The molecule has 110 valence electrons. The number of benzene rings is 1. The molecule has 0 bridgehead atoms. The molecule has 0 amide bonds. The van der Waals surface area contributed by atoms with E-state index >= 15 is 0 Å². The maximum atomic E-state index is 12.6. The van der Waals surface area contributed by atoms with Gasteiger partial charge >= 0.3 is 0 Å². The summed E-state index contributed by atoms with van der Waals surface area (Å²) in [5, 5.41) is 0.294. The standard InChI is InChI=1S/C14H9Cl3O3S/c15-9-6-11-10(19-2-1-3-20-11)4-7(9)13(18)8-5-12(16)21-14(8)17/h4-6H,1-3H2. The number of ketones is 1. The van der Waals surface area contributed by atoms with Gasteiger partial charge in [0.2, 0.25) is 0 Å². The Hall–Kier alpha value is -0.940. The molecule has 1 aromatic carbocycles. The summed E-state index contributed by atoms with van der Waals surface area (Å²) in [7, 11) is 0. The zero-order valence-corrected chi connectivity index (χ0v) is 13.7. The van der Waals surface area contributed by atoms with Crippen LogP contribution in [0.15, 0.2) is 18.2 Å². The number of carbonyl (C=O) groups is 1. The fraction of sp³-hybridized carbons (Fsp3) is 0.214. The minimum atomic E-state index is -0.288. The number of halogens is 3. The van der Waals surface area contributed by atoms with Crippen LogP contribution in [-0.4, -0.2) is 19.0 Å². The van der Waals surface area contributed by atoms with Gasteiger partial charge in [-0.3, -0.25) is 4.79 Å². The molecule has 0 radical (unpaired) electrons. The van der Waals surface area contributed by atoms with Crippen LogP contribution in [0.2, 0.25) is 13.7 Å². The van der Waals surface area contributed by atoms with E-state index in [-0.39, 0.29) is 5.78 Å². The first-order valence-electron chi connectivity index (χ1n) is 6.15. The van der Waals surface area contributed by atoms with Gasteiger partial charge in [0.25, 0.3) is 0 Å². The zero-order valence-electron chi connectivity index (χ0n) is 10.6. The average molecular weight is 364 g/mol. The van der Waals surface area contributed by atoms with Crippen LogP contribution in [0.3, 0.4) is 0 Å². The van der Waals surface area contributed by atoms with Crippen molar-refractivity contribution in [2.24, 2.45) is 0 Å². The van der Waals surface area contributed by atoms with E-state index in [1.165, 1.54) is 6.07 Å². The van der Waals surface area contributed by atoms with E-state index in [4.69, 9.17) is 44.3 Å². The van der Waals surface area contributed by atoms with E-state index < -0.39 is 0 Å². The van der Waals surface area contributed by atoms with Crippen molar-refractivity contribution in [2.75, 3.05) is 13.2 Å². The van der Waals surface area contributed by atoms with Crippen LogP contribution in [-0.2, 0) is 0 Å². The van der Waals surface area contributed by atoms with Crippen molar-refractivity contribution in [3.63, 3.8) is 0 Å². The van der Waals surface area contributed by atoms with Gasteiger partial charge in [-0.1, -0.05) is 34.8 Å². The summed E-state index contributed by atoms with van der Waals surface area (Å²) in [6.45, 7) is 1.09. The number of carbonyl (C=O) groups excluding carboxylic acids is 1. The van der Waals surface area contributed by atoms with Crippen molar-refractivity contribution in [3.8, 4) is 11.5 Å². The molecule has 21 heavy (non-hydrogen) atoms. The van der Waals surface area contributed by atoms with Gasteiger partial charge in [-0.15, -0.1) is 11.3 Å². The molecule has 2 aromatic rings. The highest BCUT2D eigenvalue weighted by Crippen LogP contribution is 2.38. The average Bonchev–Trinajstić information content (AvgIpc) is 2.64. The largest absolute Gasteiger partial charge is 0.490 e. The molecule has 1 aliphatic rings. The van der Waals surface area contributed by atoms with Crippen molar-refractivity contribution in [1.29, 1.82) is 0 Å². The number of hydrogen-bond acceptors (Lipinski definition) is 4. The summed E-state index contributed by atoms with van der Waals surface area (Å²) >= 11 is 19.2. The van der Waals surface area contributed by atoms with Gasteiger partial charge in [-0.05, 0) is 12.1 Å². The van der Waals surface area contributed by atoms with E-state index in [1.54, 1.807) is 12.1 Å². The minimum absolute atomic E-state index is 0.288. The van der Waals surface area contributed by atoms with Gasteiger partial charge < -0.3 is 9.47 Å². The molecule has 3 rings (SSSR count). The summed E-state index contributed by atoms with van der Waals surface area (Å²) in [6.07, 6.45) is 0.779. The van der Waals surface area contributed by atoms with Gasteiger partial charge in [-0.25, -0.2) is 0 Å². The molecular formula is C14H9Cl3O3S. The molecule has 0 saturated heterocycles. The summed E-state index contributed by atoms with van der Waals surface area (Å²) in [6, 6.07) is 4.72. The predicted molar refractivity (Wildman–Crippen MR) is 84.8 cm³/mol. The highest BCUT2D eigenvalue weighted by atomic mass is 35.5. The fourth-order valence-electron chi connectivity index (χ4n) is 2.00. The highest BCUT2D eigenvalue weighted by Gasteiger charge is 2.22. The highest BCUT2D eigenvalue weighted by molar-refractivity contribution is 7.20. The van der Waals surface area contributed by atoms with Gasteiger partial charge in [-0.2, -0.15) is 0 Å². The van der Waals surface area contributed by atoms with Crippen LogP contribution in [0.4, 0.5) is 0 Å². The van der Waals surface area contributed by atoms with Gasteiger partial charge in [0.05, 0.1) is 28.1 Å². The van der Waals surface area contributed by atoms with E-state index in [0.717, 1.165) is 17.8 Å². The Balaban J connectivity index is 2.04. The summed E-state index contributed by atoms with van der Waals surface area (Å²) in [4.78, 5) is 12.6. The lowest BCUT2D eigenvalue weighted by molar-refractivity contribution is 0.103. The Labute approximate surface area is 140 Å². The van der Waals surface area contributed by atoms with Gasteiger partial charge in [0.1, 0.15) is 4.34 Å². The third-order valence-corrected chi connectivity index (χ3v) is 4.78. The third kappa shape index (κ3) is 2.99. The normalized spacial score (nSPS) is 13.9. The second-order valence-corrected chi connectivity index (χ2v) is 7.09. The second kappa shape index (κ2) is 6.05. The first kappa shape index (κ1) is 15.0. The van der Waals surface area contributed by atoms with Crippen LogP contribution in [0.25, 0.3) is 0 Å². The lowest BCUT2D eigenvalue weighted by atomic mass is 10.1. The molecule has 3 nitrogen and oxygen atoms in total. The van der Waals surface area contributed by atoms with Gasteiger partial charge in [0, 0.05) is 18.1 Å². The maximum Gasteiger partial charge on any atom is 0.197 e. The Morgan fingerprint density at radius 3 is 2.29 bits per heavy atom. The zero-order chi connectivity index (χ0) is 15.0. The molecule has 0 spiro atoms. The first-order valence-corrected chi connectivity index (χ1v) is 8.10. The van der Waals surface area contributed by atoms with Crippen LogP contribution >= 0.6 is 46.1 Å². The molecule has 0 N–H and O–H groups in total. The van der Waals surface area contributed by atoms with E-state index in [1.807, 2.05) is 0 Å². The van der Waals surface area contributed by atoms with Crippen molar-refractivity contribution in [1.82, 2.24) is 0 Å². The molecule has 1 aromatic heterocycles. The second-order valence-electron chi connectivity index (χ2n) is 4.40. The monoisotopic (exact) mass is 362 g/mol. The Kier molecular flexibility index (Phi) is 4.31. The van der Waals surface area contributed by atoms with Crippen LogP contribution in [0.1, 0.15) is 22.3 Å². The van der Waals surface area contributed by atoms with Gasteiger partial charge in [0.15, 0.2) is 17.3 Å². The summed E-state index contributed by atoms with van der Waals surface area (Å²) in [5.41, 5.74) is 0.653. The minimum Gasteiger partial charge on any atom is -0.490 e. The first-order chi connectivity index (χ1) is 10.1. The van der Waals surface area contributed by atoms with Crippen LogP contribution < -0.4 is 9.47 Å². The van der Waals surface area contributed by atoms with E-state index in [2.05, 4.69) is 0 Å². The van der Waals surface area contributed by atoms with E-state index in [9.17, 15) is 4.79 Å². The molecular weight excluding hydrogens is 355 g/mol. The quantitative estimate of drug-likeness (QED) is 0.696. The predicted octanol–water partition coefficient (Wildman–Crippen LogP) is 5.10. The summed E-state index contributed by atoms with van der Waals surface area (Å²) < 4.78 is 11.9. The number of fused-ring (bicyclic) bond motifs is 1. The van der Waals surface area contributed by atoms with Crippen molar-refractivity contribution < 1.29 is 14.3 Å². The lowest BCUT2D eigenvalue weighted by Gasteiger charge is -2.10. The number of hydrogen-bond donors (Lipinski definition) is 0. The van der Waals surface area contributed by atoms with Crippen molar-refractivity contribution >= 4 is 51.9 Å². The molecule has 1 aliphatic heterocycles. The molecule has 2 heterocycles. The number of ether oxygens (including phenoxy) is 2.